The lowest BCUT2D eigenvalue weighted by Crippen LogP contribution is -2.33. The smallest absolute Gasteiger partial charge is 0.261 e. The molecule has 4 aromatic rings. The van der Waals surface area contributed by atoms with Crippen molar-refractivity contribution in [2.24, 2.45) is 0 Å². The second-order valence-electron chi connectivity index (χ2n) is 9.37. The van der Waals surface area contributed by atoms with E-state index >= 15 is 0 Å². The van der Waals surface area contributed by atoms with Gasteiger partial charge in [-0.3, -0.25) is 14.4 Å². The Morgan fingerprint density at radius 3 is 2.23 bits per heavy atom. The van der Waals surface area contributed by atoms with Gasteiger partial charge in [0.2, 0.25) is 0 Å². The van der Waals surface area contributed by atoms with Crippen LogP contribution in [0, 0.1) is 13.8 Å². The second-order valence-corrected chi connectivity index (χ2v) is 12.1. The van der Waals surface area contributed by atoms with Crippen LogP contribution in [-0.2, 0) is 10.0 Å². The summed E-state index contributed by atoms with van der Waals surface area (Å²) in [6.07, 6.45) is 0.784. The molecule has 0 aliphatic heterocycles. The van der Waals surface area contributed by atoms with E-state index in [4.69, 9.17) is 9.72 Å². The predicted molar refractivity (Wildman–Crippen MR) is 161 cm³/mol. The highest BCUT2D eigenvalue weighted by molar-refractivity contribution is 7.92. The van der Waals surface area contributed by atoms with Gasteiger partial charge in [-0.05, 0) is 113 Å². The first-order valence-corrected chi connectivity index (χ1v) is 14.5. The zero-order valence-electron chi connectivity index (χ0n) is 22.6. The molecule has 0 fully saturated rings. The third kappa shape index (κ3) is 7.27. The van der Waals surface area contributed by atoms with Gasteiger partial charge in [0.05, 0.1) is 22.2 Å². The number of amides is 1. The number of anilines is 2. The van der Waals surface area contributed by atoms with Crippen LogP contribution < -0.4 is 14.4 Å². The molecule has 39 heavy (non-hydrogen) atoms. The predicted octanol–water partition coefficient (Wildman–Crippen LogP) is 5.74. The molecule has 1 N–H and O–H groups in total. The van der Waals surface area contributed by atoms with E-state index in [1.807, 2.05) is 14.1 Å². The molecular weight excluding hydrogens is 556 g/mol. The van der Waals surface area contributed by atoms with Crippen molar-refractivity contribution in [2.75, 3.05) is 43.9 Å². The quantitative estimate of drug-likeness (QED) is 0.254. The molecule has 0 aliphatic rings. The largest absolute Gasteiger partial charge is 0.497 e. The number of hydrogen-bond donors (Lipinski definition) is 1. The highest BCUT2D eigenvalue weighted by Gasteiger charge is 2.22. The Kier molecular flexibility index (Phi) is 9.95. The number of thiazole rings is 1. The van der Waals surface area contributed by atoms with Crippen molar-refractivity contribution in [1.29, 1.82) is 0 Å². The summed E-state index contributed by atoms with van der Waals surface area (Å²) < 4.78 is 34.3. The molecule has 1 amide bonds. The Morgan fingerprint density at radius 2 is 1.62 bits per heavy atom. The molecule has 208 valence electrons. The number of sulfonamides is 1. The van der Waals surface area contributed by atoms with Crippen LogP contribution in [0.2, 0.25) is 0 Å². The van der Waals surface area contributed by atoms with Gasteiger partial charge in [0.25, 0.3) is 15.9 Å². The van der Waals surface area contributed by atoms with E-state index in [1.54, 1.807) is 41.3 Å². The van der Waals surface area contributed by atoms with E-state index in [2.05, 4.69) is 35.6 Å². The van der Waals surface area contributed by atoms with Crippen LogP contribution in [0.25, 0.3) is 10.2 Å². The van der Waals surface area contributed by atoms with Gasteiger partial charge in [-0.2, -0.15) is 0 Å². The fraction of sp³-hybridized carbons (Fsp3) is 0.286. The number of aromatic nitrogens is 1. The number of hydrogen-bond acceptors (Lipinski definition) is 7. The van der Waals surface area contributed by atoms with Crippen molar-refractivity contribution in [2.45, 2.75) is 25.2 Å². The van der Waals surface area contributed by atoms with Gasteiger partial charge in [-0.15, -0.1) is 12.4 Å². The van der Waals surface area contributed by atoms with Crippen molar-refractivity contribution in [3.63, 3.8) is 0 Å². The van der Waals surface area contributed by atoms with Crippen molar-refractivity contribution < 1.29 is 17.9 Å². The van der Waals surface area contributed by atoms with Crippen molar-refractivity contribution in [1.82, 2.24) is 9.88 Å². The number of aryl methyl sites for hydroxylation is 2. The third-order valence-electron chi connectivity index (χ3n) is 6.21. The van der Waals surface area contributed by atoms with Crippen LogP contribution in [0.4, 0.5) is 10.8 Å². The number of fused-ring (bicyclic) bond motifs is 1. The van der Waals surface area contributed by atoms with Crippen LogP contribution in [0.3, 0.4) is 0 Å². The minimum Gasteiger partial charge on any atom is -0.497 e. The van der Waals surface area contributed by atoms with Gasteiger partial charge in [0.1, 0.15) is 5.75 Å². The summed E-state index contributed by atoms with van der Waals surface area (Å²) in [7, 11) is 1.74. The average molecular weight is 589 g/mol. The summed E-state index contributed by atoms with van der Waals surface area (Å²) in [6.45, 7) is 5.47. The zero-order chi connectivity index (χ0) is 27.4. The molecule has 0 spiro atoms. The molecule has 0 saturated heterocycles. The first-order chi connectivity index (χ1) is 18.1. The minimum atomic E-state index is -3.79. The van der Waals surface area contributed by atoms with Gasteiger partial charge in [0, 0.05) is 17.8 Å². The summed E-state index contributed by atoms with van der Waals surface area (Å²) in [4.78, 5) is 22.3. The molecule has 11 heteroatoms. The summed E-state index contributed by atoms with van der Waals surface area (Å²) >= 11 is 1.50. The highest BCUT2D eigenvalue weighted by atomic mass is 35.5. The SMILES string of the molecule is COc1ccc(S(=O)(=O)Nc2ccc(C(=O)N(CCCN(C)C)c3nc4cc(C)c(C)cc4s3)cc2)cc1.Cl. The molecular formula is C28H33ClN4O4S2. The normalized spacial score (nSPS) is 11.3. The minimum absolute atomic E-state index is 0. The van der Waals surface area contributed by atoms with Gasteiger partial charge in [0.15, 0.2) is 5.13 Å². The van der Waals surface area contributed by atoms with Crippen molar-refractivity contribution in [3.05, 3.63) is 77.4 Å². The fourth-order valence-electron chi connectivity index (χ4n) is 3.92. The molecule has 0 unspecified atom stereocenters. The van der Waals surface area contributed by atoms with E-state index < -0.39 is 10.0 Å². The Morgan fingerprint density at radius 1 is 0.974 bits per heavy atom. The van der Waals surface area contributed by atoms with Gasteiger partial charge >= 0.3 is 0 Å². The number of carbonyl (C=O) groups excluding carboxylic acids is 1. The van der Waals surface area contributed by atoms with Gasteiger partial charge in [-0.1, -0.05) is 11.3 Å². The zero-order valence-corrected chi connectivity index (χ0v) is 25.0. The highest BCUT2D eigenvalue weighted by Crippen LogP contribution is 2.32. The van der Waals surface area contributed by atoms with E-state index in [9.17, 15) is 13.2 Å². The summed E-state index contributed by atoms with van der Waals surface area (Å²) in [6, 6.07) is 16.8. The number of rotatable bonds is 10. The number of ether oxygens (including phenoxy) is 1. The van der Waals surface area contributed by atoms with Gasteiger partial charge < -0.3 is 9.64 Å². The number of halogens is 1. The van der Waals surface area contributed by atoms with E-state index in [0.717, 1.165) is 28.7 Å². The van der Waals surface area contributed by atoms with E-state index in [0.29, 0.717) is 28.7 Å². The maximum Gasteiger partial charge on any atom is 0.261 e. The molecule has 0 bridgehead atoms. The lowest BCUT2D eigenvalue weighted by Gasteiger charge is -2.21. The number of carbonyl (C=O) groups is 1. The van der Waals surface area contributed by atoms with E-state index in [-0.39, 0.29) is 23.2 Å². The lowest BCUT2D eigenvalue weighted by molar-refractivity contribution is 0.0986. The first-order valence-electron chi connectivity index (χ1n) is 12.2. The third-order valence-corrected chi connectivity index (χ3v) is 8.65. The summed E-state index contributed by atoms with van der Waals surface area (Å²) in [5.41, 5.74) is 4.04. The Labute approximate surface area is 240 Å². The maximum atomic E-state index is 13.6. The van der Waals surface area contributed by atoms with Crippen LogP contribution >= 0.6 is 23.7 Å². The van der Waals surface area contributed by atoms with Crippen molar-refractivity contribution in [3.8, 4) is 5.75 Å². The topological polar surface area (TPSA) is 91.8 Å². The number of nitrogens with one attached hydrogen (secondary N) is 1. The molecule has 0 saturated carbocycles. The lowest BCUT2D eigenvalue weighted by atomic mass is 10.1. The second kappa shape index (κ2) is 12.8. The molecule has 1 aromatic heterocycles. The van der Waals surface area contributed by atoms with Gasteiger partial charge in [-0.25, -0.2) is 13.4 Å². The van der Waals surface area contributed by atoms with E-state index in [1.165, 1.54) is 36.1 Å². The summed E-state index contributed by atoms with van der Waals surface area (Å²) in [5.74, 6) is 0.390. The van der Waals surface area contributed by atoms with Crippen LogP contribution in [0.15, 0.2) is 65.6 Å². The fourth-order valence-corrected chi connectivity index (χ4v) is 6.05. The maximum absolute atomic E-state index is 13.6. The average Bonchev–Trinajstić information content (AvgIpc) is 3.28. The van der Waals surface area contributed by atoms with Crippen LogP contribution in [0.1, 0.15) is 27.9 Å². The number of methoxy groups -OCH3 is 1. The summed E-state index contributed by atoms with van der Waals surface area (Å²) in [5, 5.41) is 0.651. The first kappa shape index (κ1) is 30.4. The number of benzene rings is 3. The number of nitrogens with zero attached hydrogens (tertiary/aromatic N) is 3. The van der Waals surface area contributed by atoms with Crippen molar-refractivity contribution >= 4 is 60.7 Å². The molecule has 1 heterocycles. The molecule has 0 atom stereocenters. The monoisotopic (exact) mass is 588 g/mol. The molecule has 0 radical (unpaired) electrons. The Balaban J connectivity index is 0.00000420. The molecule has 0 aliphatic carbocycles. The molecule has 8 nitrogen and oxygen atoms in total. The molecule has 3 aromatic carbocycles. The van der Waals surface area contributed by atoms with Crippen LogP contribution in [-0.4, -0.2) is 58.5 Å². The Hall–Kier alpha value is -3.18. The van der Waals surface area contributed by atoms with Crippen LogP contribution in [0.5, 0.6) is 5.75 Å². The molecule has 4 rings (SSSR count). The standard InChI is InChI=1S/C28H32N4O4S2.ClH/c1-19-17-25-26(18-20(19)2)37-28(29-25)32(16-6-15-31(3)4)27(33)21-7-9-22(10-8-21)30-38(34,35)24-13-11-23(36-5)12-14-24;/h7-14,17-18,30H,6,15-16H2,1-5H3;1H. The Bertz CT molecular complexity index is 1500.